The Balaban J connectivity index is 1.82. The van der Waals surface area contributed by atoms with Crippen LogP contribution in [0.5, 0.6) is 0 Å². The molecule has 4 heteroatoms. The van der Waals surface area contributed by atoms with Gasteiger partial charge < -0.3 is 10.2 Å². The third-order valence-electron chi connectivity index (χ3n) is 3.90. The number of carbonyl (C=O) groups excluding carboxylic acids is 1. The highest BCUT2D eigenvalue weighted by Gasteiger charge is 2.35. The lowest BCUT2D eigenvalue weighted by Crippen LogP contribution is -2.54. The third-order valence-corrected chi connectivity index (χ3v) is 3.90. The van der Waals surface area contributed by atoms with E-state index in [1.807, 2.05) is 6.07 Å². The van der Waals surface area contributed by atoms with Crippen LogP contribution in [0.1, 0.15) is 25.3 Å². The van der Waals surface area contributed by atoms with Crippen LogP contribution in [0.4, 0.5) is 0 Å². The molecule has 20 heavy (non-hydrogen) atoms. The first-order chi connectivity index (χ1) is 9.63. The van der Waals surface area contributed by atoms with Crippen molar-refractivity contribution in [1.29, 1.82) is 5.26 Å². The summed E-state index contributed by atoms with van der Waals surface area (Å²) in [6, 6.07) is 12.7. The molecule has 0 aliphatic carbocycles. The quantitative estimate of drug-likeness (QED) is 0.907. The molecule has 1 heterocycles. The van der Waals surface area contributed by atoms with E-state index >= 15 is 0 Å². The summed E-state index contributed by atoms with van der Waals surface area (Å²) in [5.74, 6) is -0.121. The van der Waals surface area contributed by atoms with Gasteiger partial charge in [0.1, 0.15) is 5.54 Å². The molecular formula is C16H21N3O. The summed E-state index contributed by atoms with van der Waals surface area (Å²) in [5.41, 5.74) is 0.682. The maximum atomic E-state index is 11.2. The van der Waals surface area contributed by atoms with E-state index in [0.717, 1.165) is 26.1 Å². The number of hydrogen-bond donors (Lipinski definition) is 1. The average molecular weight is 271 g/mol. The molecule has 0 aromatic heterocycles. The average Bonchev–Trinajstić information content (AvgIpc) is 2.47. The van der Waals surface area contributed by atoms with Crippen molar-refractivity contribution in [2.45, 2.75) is 31.7 Å². The minimum absolute atomic E-state index is 0.121. The first-order valence-corrected chi connectivity index (χ1v) is 7.10. The Morgan fingerprint density at radius 3 is 2.55 bits per heavy atom. The SMILES string of the molecule is CC(=O)NC1(C#N)CCN(CCc2ccccc2)CC1. The lowest BCUT2D eigenvalue weighted by Gasteiger charge is -2.37. The second-order valence-electron chi connectivity index (χ2n) is 5.45. The van der Waals surface area contributed by atoms with Crippen molar-refractivity contribution in [2.75, 3.05) is 19.6 Å². The summed E-state index contributed by atoms with van der Waals surface area (Å²) in [4.78, 5) is 13.6. The third kappa shape index (κ3) is 3.82. The Morgan fingerprint density at radius 2 is 2.00 bits per heavy atom. The maximum absolute atomic E-state index is 11.2. The van der Waals surface area contributed by atoms with E-state index < -0.39 is 5.54 Å². The van der Waals surface area contributed by atoms with Gasteiger partial charge in [-0.3, -0.25) is 4.79 Å². The Hall–Kier alpha value is -1.86. The van der Waals surface area contributed by atoms with Gasteiger partial charge in [0.2, 0.25) is 5.91 Å². The number of piperidine rings is 1. The fourth-order valence-corrected chi connectivity index (χ4v) is 2.69. The van der Waals surface area contributed by atoms with Gasteiger partial charge in [-0.1, -0.05) is 30.3 Å². The monoisotopic (exact) mass is 271 g/mol. The van der Waals surface area contributed by atoms with E-state index in [9.17, 15) is 10.1 Å². The second-order valence-corrected chi connectivity index (χ2v) is 5.45. The van der Waals surface area contributed by atoms with Crippen LogP contribution in [0.15, 0.2) is 30.3 Å². The number of hydrogen-bond acceptors (Lipinski definition) is 3. The standard InChI is InChI=1S/C16H21N3O/c1-14(20)18-16(13-17)8-11-19(12-9-16)10-7-15-5-3-2-4-6-15/h2-6H,7-12H2,1H3,(H,18,20). The molecular weight excluding hydrogens is 250 g/mol. The van der Waals surface area contributed by atoms with Crippen molar-refractivity contribution in [2.24, 2.45) is 0 Å². The molecule has 1 fully saturated rings. The zero-order chi connectivity index (χ0) is 14.4. The van der Waals surface area contributed by atoms with Crippen molar-refractivity contribution in [3.8, 4) is 6.07 Å². The molecule has 1 aliphatic heterocycles. The molecule has 1 N–H and O–H groups in total. The maximum Gasteiger partial charge on any atom is 0.218 e. The summed E-state index contributed by atoms with van der Waals surface area (Å²) in [5, 5.41) is 12.1. The van der Waals surface area contributed by atoms with Crippen LogP contribution in [0.2, 0.25) is 0 Å². The van der Waals surface area contributed by atoms with E-state index in [-0.39, 0.29) is 5.91 Å². The van der Waals surface area contributed by atoms with Crippen molar-refractivity contribution in [1.82, 2.24) is 10.2 Å². The molecule has 1 aromatic rings. The van der Waals surface area contributed by atoms with Gasteiger partial charge in [-0.25, -0.2) is 0 Å². The number of likely N-dealkylation sites (tertiary alicyclic amines) is 1. The van der Waals surface area contributed by atoms with E-state index in [0.29, 0.717) is 12.8 Å². The highest BCUT2D eigenvalue weighted by Crippen LogP contribution is 2.21. The van der Waals surface area contributed by atoms with E-state index in [2.05, 4.69) is 40.6 Å². The highest BCUT2D eigenvalue weighted by molar-refractivity contribution is 5.74. The second kappa shape index (κ2) is 6.53. The Bertz CT molecular complexity index is 484. The van der Waals surface area contributed by atoms with Crippen LogP contribution in [-0.2, 0) is 11.2 Å². The smallest absolute Gasteiger partial charge is 0.218 e. The molecule has 0 atom stereocenters. The molecule has 0 saturated carbocycles. The van der Waals surface area contributed by atoms with Crippen molar-refractivity contribution < 1.29 is 4.79 Å². The van der Waals surface area contributed by atoms with Gasteiger partial charge >= 0.3 is 0 Å². The van der Waals surface area contributed by atoms with Gasteiger partial charge in [-0.2, -0.15) is 5.26 Å². The highest BCUT2D eigenvalue weighted by atomic mass is 16.1. The Labute approximate surface area is 120 Å². The van der Waals surface area contributed by atoms with Gasteiger partial charge in [-0.15, -0.1) is 0 Å². The summed E-state index contributed by atoms with van der Waals surface area (Å²) in [7, 11) is 0. The van der Waals surface area contributed by atoms with Crippen LogP contribution in [0, 0.1) is 11.3 Å². The lowest BCUT2D eigenvalue weighted by molar-refractivity contribution is -0.120. The summed E-state index contributed by atoms with van der Waals surface area (Å²) in [6.07, 6.45) is 2.44. The number of nitrogens with zero attached hydrogens (tertiary/aromatic N) is 2. The van der Waals surface area contributed by atoms with Crippen molar-refractivity contribution in [3.05, 3.63) is 35.9 Å². The van der Waals surface area contributed by atoms with Crippen LogP contribution < -0.4 is 5.32 Å². The molecule has 1 aliphatic rings. The number of carbonyl (C=O) groups is 1. The van der Waals surface area contributed by atoms with Gasteiger partial charge in [0.05, 0.1) is 6.07 Å². The molecule has 0 unspecified atom stereocenters. The van der Waals surface area contributed by atoms with Crippen molar-refractivity contribution in [3.63, 3.8) is 0 Å². The number of rotatable bonds is 4. The predicted molar refractivity (Wildman–Crippen MR) is 78.0 cm³/mol. The zero-order valence-corrected chi connectivity index (χ0v) is 11.9. The van der Waals surface area contributed by atoms with Crippen LogP contribution >= 0.6 is 0 Å². The summed E-state index contributed by atoms with van der Waals surface area (Å²) < 4.78 is 0. The van der Waals surface area contributed by atoms with Crippen LogP contribution in [-0.4, -0.2) is 36.0 Å². The first-order valence-electron chi connectivity index (χ1n) is 7.10. The largest absolute Gasteiger partial charge is 0.338 e. The molecule has 0 spiro atoms. The molecule has 0 bridgehead atoms. The van der Waals surface area contributed by atoms with Gasteiger partial charge in [0.25, 0.3) is 0 Å². The minimum Gasteiger partial charge on any atom is -0.338 e. The first kappa shape index (κ1) is 14.5. The zero-order valence-electron chi connectivity index (χ0n) is 11.9. The van der Waals surface area contributed by atoms with E-state index in [4.69, 9.17) is 0 Å². The van der Waals surface area contributed by atoms with Crippen molar-refractivity contribution >= 4 is 5.91 Å². The fraction of sp³-hybridized carbons (Fsp3) is 0.500. The summed E-state index contributed by atoms with van der Waals surface area (Å²) >= 11 is 0. The fourth-order valence-electron chi connectivity index (χ4n) is 2.69. The van der Waals surface area contributed by atoms with Gasteiger partial charge in [0.15, 0.2) is 0 Å². The molecule has 1 saturated heterocycles. The molecule has 2 rings (SSSR count). The number of amides is 1. The molecule has 0 radical (unpaired) electrons. The Morgan fingerprint density at radius 1 is 1.35 bits per heavy atom. The molecule has 106 valence electrons. The topological polar surface area (TPSA) is 56.1 Å². The Kier molecular flexibility index (Phi) is 4.75. The molecule has 4 nitrogen and oxygen atoms in total. The summed E-state index contributed by atoms with van der Waals surface area (Å²) in [6.45, 7) is 4.20. The number of benzene rings is 1. The molecule has 1 aromatic carbocycles. The lowest BCUT2D eigenvalue weighted by atomic mass is 9.88. The van der Waals surface area contributed by atoms with Crippen LogP contribution in [0.3, 0.4) is 0 Å². The van der Waals surface area contributed by atoms with E-state index in [1.165, 1.54) is 12.5 Å². The van der Waals surface area contributed by atoms with Gasteiger partial charge in [0, 0.05) is 26.6 Å². The van der Waals surface area contributed by atoms with Gasteiger partial charge in [-0.05, 0) is 24.8 Å². The normalized spacial score (nSPS) is 18.2. The predicted octanol–water partition coefficient (Wildman–Crippen LogP) is 1.72. The van der Waals surface area contributed by atoms with E-state index in [1.54, 1.807) is 0 Å². The number of nitrogens with one attached hydrogen (secondary N) is 1. The molecule has 1 amide bonds. The minimum atomic E-state index is -0.658. The van der Waals surface area contributed by atoms with Crippen LogP contribution in [0.25, 0.3) is 0 Å². The number of nitriles is 1.